The molecule has 1 aromatic rings. The molecule has 2 fully saturated rings. The van der Waals surface area contributed by atoms with Gasteiger partial charge in [-0.2, -0.15) is 0 Å². The van der Waals surface area contributed by atoms with E-state index in [1.54, 1.807) is 0 Å². The van der Waals surface area contributed by atoms with Crippen molar-refractivity contribution in [3.8, 4) is 0 Å². The van der Waals surface area contributed by atoms with E-state index in [1.807, 2.05) is 13.2 Å². The van der Waals surface area contributed by atoms with Gasteiger partial charge in [-0.25, -0.2) is 9.97 Å². The molecular weight excluding hydrogens is 400 g/mol. The predicted molar refractivity (Wildman–Crippen MR) is 133 cm³/mol. The van der Waals surface area contributed by atoms with Crippen LogP contribution in [0.1, 0.15) is 76.5 Å². The van der Waals surface area contributed by atoms with Gasteiger partial charge in [-0.3, -0.25) is 4.99 Å². The first-order valence-corrected chi connectivity index (χ1v) is 12.4. The number of rotatable bonds is 8. The van der Waals surface area contributed by atoms with Crippen LogP contribution in [-0.2, 0) is 0 Å². The van der Waals surface area contributed by atoms with Crippen LogP contribution in [0, 0.1) is 5.92 Å². The molecule has 32 heavy (non-hydrogen) atoms. The molecule has 3 N–H and O–H groups in total. The van der Waals surface area contributed by atoms with Gasteiger partial charge in [0.25, 0.3) is 0 Å². The number of aliphatic imine (C=N–C) groups is 1. The molecule has 1 aromatic heterocycles. The standard InChI is InChI=1S/C25H42N6O/c1-6-7-17(2)29-25-28-16-22(24(26-4)31(5)20-12-14-27-15-13-20)23(30-25)18(3)19-8-10-21(32)11-9-19/h16-17,19-21,27,32H,3,6-15H2,1-2,4-5H3,(H,28,29,30). The van der Waals surface area contributed by atoms with Gasteiger partial charge in [0, 0.05) is 32.4 Å². The first-order valence-electron chi connectivity index (χ1n) is 12.4. The van der Waals surface area contributed by atoms with Crippen LogP contribution in [0.2, 0.25) is 0 Å². The highest BCUT2D eigenvalue weighted by Gasteiger charge is 2.28. The van der Waals surface area contributed by atoms with E-state index >= 15 is 0 Å². The molecule has 178 valence electrons. The largest absolute Gasteiger partial charge is 0.393 e. The Morgan fingerprint density at radius 1 is 1.28 bits per heavy atom. The van der Waals surface area contributed by atoms with E-state index in [2.05, 4.69) is 48.0 Å². The third-order valence-corrected chi connectivity index (χ3v) is 7.02. The maximum Gasteiger partial charge on any atom is 0.223 e. The number of aromatic nitrogens is 2. The fraction of sp³-hybridized carbons (Fsp3) is 0.720. The smallest absolute Gasteiger partial charge is 0.223 e. The summed E-state index contributed by atoms with van der Waals surface area (Å²) in [5.41, 5.74) is 2.90. The SMILES string of the molecule is C=C(c1nc(NC(C)CCC)ncc1C(=NC)N(C)C1CCNCC1)C1CCC(O)CC1. The Bertz CT molecular complexity index is 781. The van der Waals surface area contributed by atoms with Crippen molar-refractivity contribution in [3.05, 3.63) is 24.0 Å². The Kier molecular flexibility index (Phi) is 9.05. The van der Waals surface area contributed by atoms with Crippen LogP contribution in [0.5, 0.6) is 0 Å². The summed E-state index contributed by atoms with van der Waals surface area (Å²) in [7, 11) is 3.99. The highest BCUT2D eigenvalue weighted by atomic mass is 16.3. The van der Waals surface area contributed by atoms with Crippen molar-refractivity contribution in [3.63, 3.8) is 0 Å². The van der Waals surface area contributed by atoms with Gasteiger partial charge < -0.3 is 20.6 Å². The van der Waals surface area contributed by atoms with E-state index in [0.29, 0.717) is 23.9 Å². The second-order valence-electron chi connectivity index (χ2n) is 9.46. The highest BCUT2D eigenvalue weighted by Crippen LogP contribution is 2.35. The van der Waals surface area contributed by atoms with E-state index < -0.39 is 0 Å². The second kappa shape index (κ2) is 11.8. The van der Waals surface area contributed by atoms with Crippen LogP contribution in [0.4, 0.5) is 5.95 Å². The topological polar surface area (TPSA) is 85.7 Å². The van der Waals surface area contributed by atoms with E-state index in [9.17, 15) is 5.11 Å². The lowest BCUT2D eigenvalue weighted by molar-refractivity contribution is 0.119. The minimum atomic E-state index is -0.185. The van der Waals surface area contributed by atoms with Gasteiger partial charge in [0.15, 0.2) is 0 Å². The second-order valence-corrected chi connectivity index (χ2v) is 9.46. The van der Waals surface area contributed by atoms with Crippen molar-refractivity contribution in [1.82, 2.24) is 20.2 Å². The van der Waals surface area contributed by atoms with Crippen molar-refractivity contribution in [2.45, 2.75) is 83.4 Å². The number of nitrogens with one attached hydrogen (secondary N) is 2. The van der Waals surface area contributed by atoms with Gasteiger partial charge in [-0.05, 0) is 76.5 Å². The molecule has 2 aliphatic rings. The first-order chi connectivity index (χ1) is 15.4. The zero-order valence-corrected chi connectivity index (χ0v) is 20.4. The fourth-order valence-corrected chi connectivity index (χ4v) is 5.04. The minimum Gasteiger partial charge on any atom is -0.393 e. The number of anilines is 1. The number of amidine groups is 1. The molecule has 7 heteroatoms. The molecule has 1 unspecified atom stereocenters. The third kappa shape index (κ3) is 6.07. The van der Waals surface area contributed by atoms with Crippen LogP contribution in [-0.4, -0.2) is 71.2 Å². The summed E-state index contributed by atoms with van der Waals surface area (Å²) in [4.78, 5) is 16.6. The van der Waals surface area contributed by atoms with Crippen molar-refractivity contribution < 1.29 is 5.11 Å². The molecule has 3 rings (SSSR count). The Balaban J connectivity index is 1.93. The number of allylic oxidation sites excluding steroid dienone is 1. The van der Waals surface area contributed by atoms with Crippen LogP contribution < -0.4 is 10.6 Å². The maximum atomic E-state index is 9.97. The highest BCUT2D eigenvalue weighted by molar-refractivity contribution is 6.02. The lowest BCUT2D eigenvalue weighted by Crippen LogP contribution is -2.44. The lowest BCUT2D eigenvalue weighted by atomic mass is 9.81. The molecule has 0 radical (unpaired) electrons. The monoisotopic (exact) mass is 442 g/mol. The van der Waals surface area contributed by atoms with Crippen LogP contribution in [0.15, 0.2) is 17.8 Å². The molecule has 7 nitrogen and oxygen atoms in total. The number of hydrogen-bond acceptors (Lipinski definition) is 6. The molecule has 0 spiro atoms. The summed E-state index contributed by atoms with van der Waals surface area (Å²) >= 11 is 0. The van der Waals surface area contributed by atoms with Crippen molar-refractivity contribution in [2.75, 3.05) is 32.5 Å². The molecule has 1 saturated heterocycles. The van der Waals surface area contributed by atoms with Gasteiger partial charge in [0.1, 0.15) is 5.84 Å². The Morgan fingerprint density at radius 3 is 2.59 bits per heavy atom. The van der Waals surface area contributed by atoms with E-state index in [4.69, 9.17) is 9.98 Å². The zero-order valence-electron chi connectivity index (χ0n) is 20.4. The molecule has 1 atom stereocenters. The third-order valence-electron chi connectivity index (χ3n) is 7.02. The van der Waals surface area contributed by atoms with Gasteiger partial charge in [-0.15, -0.1) is 0 Å². The Hall–Kier alpha value is -1.99. The number of piperidine rings is 1. The molecule has 0 bridgehead atoms. The number of aliphatic hydroxyl groups excluding tert-OH is 1. The number of nitrogens with zero attached hydrogens (tertiary/aromatic N) is 4. The summed E-state index contributed by atoms with van der Waals surface area (Å²) in [5.74, 6) is 1.91. The van der Waals surface area contributed by atoms with E-state index in [0.717, 1.165) is 87.1 Å². The number of hydrogen-bond donors (Lipinski definition) is 3. The fourth-order valence-electron chi connectivity index (χ4n) is 5.04. The maximum absolute atomic E-state index is 9.97. The predicted octanol–water partition coefficient (Wildman–Crippen LogP) is 3.70. The zero-order chi connectivity index (χ0) is 23.1. The van der Waals surface area contributed by atoms with Gasteiger partial charge in [0.05, 0.1) is 17.4 Å². The van der Waals surface area contributed by atoms with Gasteiger partial charge >= 0.3 is 0 Å². The summed E-state index contributed by atoms with van der Waals surface area (Å²) in [5, 5.41) is 16.9. The van der Waals surface area contributed by atoms with E-state index in [1.165, 1.54) is 0 Å². The first kappa shape index (κ1) is 24.6. The van der Waals surface area contributed by atoms with Crippen molar-refractivity contribution >= 4 is 17.4 Å². The lowest BCUT2D eigenvalue weighted by Gasteiger charge is -2.35. The number of aliphatic hydroxyl groups is 1. The summed E-state index contributed by atoms with van der Waals surface area (Å²) in [6.45, 7) is 10.9. The molecule has 1 aliphatic carbocycles. The molecule has 1 aliphatic heterocycles. The van der Waals surface area contributed by atoms with Crippen LogP contribution in [0.25, 0.3) is 5.57 Å². The molecular formula is C25H42N6O. The van der Waals surface area contributed by atoms with E-state index in [-0.39, 0.29) is 6.10 Å². The quantitative estimate of drug-likeness (QED) is 0.420. The minimum absolute atomic E-state index is 0.185. The Labute approximate surface area is 193 Å². The average molecular weight is 443 g/mol. The summed E-state index contributed by atoms with van der Waals surface area (Å²) in [6.07, 6.45) is 9.66. The Morgan fingerprint density at radius 2 is 1.97 bits per heavy atom. The average Bonchev–Trinajstić information content (AvgIpc) is 2.81. The molecule has 0 amide bonds. The summed E-state index contributed by atoms with van der Waals surface area (Å²) in [6, 6.07) is 0.761. The summed E-state index contributed by atoms with van der Waals surface area (Å²) < 4.78 is 0. The van der Waals surface area contributed by atoms with Gasteiger partial charge in [-0.1, -0.05) is 19.9 Å². The molecule has 0 aromatic carbocycles. The molecule has 1 saturated carbocycles. The van der Waals surface area contributed by atoms with Crippen LogP contribution in [0.3, 0.4) is 0 Å². The van der Waals surface area contributed by atoms with Gasteiger partial charge in [0.2, 0.25) is 5.95 Å². The normalized spacial score (nSPS) is 23.6. The van der Waals surface area contributed by atoms with Crippen LogP contribution >= 0.6 is 0 Å². The van der Waals surface area contributed by atoms with Crippen molar-refractivity contribution in [1.29, 1.82) is 0 Å². The van der Waals surface area contributed by atoms with Crippen molar-refractivity contribution in [2.24, 2.45) is 10.9 Å². The molecule has 2 heterocycles.